The average Bonchev–Trinajstić information content (AvgIpc) is 2.73. The van der Waals surface area contributed by atoms with Crippen LogP contribution < -0.4 is 15.5 Å². The zero-order valence-electron chi connectivity index (χ0n) is 15.5. The monoisotopic (exact) mass is 396 g/mol. The maximum atomic E-state index is 6.24. The van der Waals surface area contributed by atoms with Crippen molar-refractivity contribution in [1.82, 2.24) is 15.0 Å². The fourth-order valence-electron chi connectivity index (χ4n) is 2.90. The number of para-hydroxylation sites is 1. The van der Waals surface area contributed by atoms with E-state index in [0.717, 1.165) is 30.0 Å². The van der Waals surface area contributed by atoms with Gasteiger partial charge in [0.05, 0.1) is 13.2 Å². The van der Waals surface area contributed by atoms with Crippen LogP contribution in [0.2, 0.25) is 5.02 Å². The largest absolute Gasteiger partial charge is 0.378 e. The van der Waals surface area contributed by atoms with Crippen LogP contribution in [0.25, 0.3) is 0 Å². The van der Waals surface area contributed by atoms with E-state index in [2.05, 4.69) is 30.5 Å². The number of nitrogens with zero attached hydrogens (tertiary/aromatic N) is 4. The van der Waals surface area contributed by atoms with Crippen molar-refractivity contribution in [2.45, 2.75) is 6.92 Å². The minimum absolute atomic E-state index is 0.459. The number of aromatic nitrogens is 3. The van der Waals surface area contributed by atoms with E-state index in [1.54, 1.807) is 0 Å². The maximum absolute atomic E-state index is 6.24. The highest BCUT2D eigenvalue weighted by Gasteiger charge is 2.17. The molecule has 2 aromatic carbocycles. The standard InChI is InChI=1S/C20H21ClN6O/c1-14-16(21)8-5-9-17(14)23-19-24-18(22-15-6-3-2-4-7-15)25-20(26-19)27-10-12-28-13-11-27/h2-9H,10-13H2,1H3,(H2,22,23,24,25,26). The van der Waals surface area contributed by atoms with E-state index in [1.165, 1.54) is 0 Å². The van der Waals surface area contributed by atoms with Crippen LogP contribution in [0, 0.1) is 6.92 Å². The second-order valence-electron chi connectivity index (χ2n) is 6.41. The van der Waals surface area contributed by atoms with Gasteiger partial charge in [0.2, 0.25) is 17.8 Å². The second kappa shape index (κ2) is 8.41. The molecule has 0 spiro atoms. The summed E-state index contributed by atoms with van der Waals surface area (Å²) in [5.41, 5.74) is 2.71. The third kappa shape index (κ3) is 4.32. The van der Waals surface area contributed by atoms with Crippen LogP contribution in [-0.4, -0.2) is 41.3 Å². The van der Waals surface area contributed by atoms with Gasteiger partial charge in [-0.1, -0.05) is 35.9 Å². The molecule has 2 heterocycles. The van der Waals surface area contributed by atoms with Gasteiger partial charge in [-0.25, -0.2) is 0 Å². The predicted octanol–water partition coefficient (Wildman–Crippen LogP) is 4.16. The summed E-state index contributed by atoms with van der Waals surface area (Å²) in [6.07, 6.45) is 0. The van der Waals surface area contributed by atoms with Crippen LogP contribution >= 0.6 is 11.6 Å². The van der Waals surface area contributed by atoms with Gasteiger partial charge in [0.1, 0.15) is 0 Å². The Morgan fingerprint density at radius 1 is 0.893 bits per heavy atom. The molecule has 0 aliphatic carbocycles. The molecule has 0 bridgehead atoms. The van der Waals surface area contributed by atoms with E-state index in [0.29, 0.717) is 36.1 Å². The van der Waals surface area contributed by atoms with Crippen molar-refractivity contribution in [2.24, 2.45) is 0 Å². The lowest BCUT2D eigenvalue weighted by Gasteiger charge is -2.27. The summed E-state index contributed by atoms with van der Waals surface area (Å²) in [7, 11) is 0. The van der Waals surface area contributed by atoms with Crippen molar-refractivity contribution < 1.29 is 4.74 Å². The Hall–Kier alpha value is -2.90. The minimum atomic E-state index is 0.459. The first-order valence-corrected chi connectivity index (χ1v) is 9.50. The smallest absolute Gasteiger partial charge is 0.233 e. The summed E-state index contributed by atoms with van der Waals surface area (Å²) in [6, 6.07) is 15.5. The molecule has 1 aromatic heterocycles. The molecule has 3 aromatic rings. The normalized spacial score (nSPS) is 14.0. The highest BCUT2D eigenvalue weighted by Crippen LogP contribution is 2.26. The molecule has 4 rings (SSSR count). The molecule has 144 valence electrons. The van der Waals surface area contributed by atoms with Gasteiger partial charge in [-0.2, -0.15) is 15.0 Å². The number of ether oxygens (including phenoxy) is 1. The van der Waals surface area contributed by atoms with Crippen LogP contribution in [0.1, 0.15) is 5.56 Å². The van der Waals surface area contributed by atoms with Crippen LogP contribution in [0.4, 0.5) is 29.2 Å². The molecule has 8 heteroatoms. The van der Waals surface area contributed by atoms with Gasteiger partial charge in [-0.05, 0) is 36.8 Å². The fourth-order valence-corrected chi connectivity index (χ4v) is 3.07. The predicted molar refractivity (Wildman–Crippen MR) is 112 cm³/mol. The van der Waals surface area contributed by atoms with Crippen LogP contribution in [0.15, 0.2) is 48.5 Å². The van der Waals surface area contributed by atoms with Crippen molar-refractivity contribution in [3.8, 4) is 0 Å². The van der Waals surface area contributed by atoms with E-state index in [4.69, 9.17) is 16.3 Å². The quantitative estimate of drug-likeness (QED) is 0.670. The average molecular weight is 397 g/mol. The molecule has 0 atom stereocenters. The van der Waals surface area contributed by atoms with Crippen molar-refractivity contribution in [3.05, 3.63) is 59.1 Å². The Balaban J connectivity index is 1.67. The van der Waals surface area contributed by atoms with Crippen molar-refractivity contribution in [1.29, 1.82) is 0 Å². The van der Waals surface area contributed by atoms with E-state index < -0.39 is 0 Å². The fraction of sp³-hybridized carbons (Fsp3) is 0.250. The minimum Gasteiger partial charge on any atom is -0.378 e. The first-order chi connectivity index (χ1) is 13.7. The van der Waals surface area contributed by atoms with Gasteiger partial charge in [-0.15, -0.1) is 0 Å². The molecule has 0 amide bonds. The zero-order chi connectivity index (χ0) is 19.3. The van der Waals surface area contributed by atoms with Crippen LogP contribution in [0.3, 0.4) is 0 Å². The molecule has 0 unspecified atom stereocenters. The van der Waals surface area contributed by atoms with Crippen molar-refractivity contribution in [3.63, 3.8) is 0 Å². The van der Waals surface area contributed by atoms with Gasteiger partial charge < -0.3 is 20.3 Å². The number of halogens is 1. The first kappa shape index (κ1) is 18.5. The van der Waals surface area contributed by atoms with Gasteiger partial charge in [0.25, 0.3) is 0 Å². The third-order valence-corrected chi connectivity index (χ3v) is 4.87. The van der Waals surface area contributed by atoms with E-state index in [9.17, 15) is 0 Å². The number of nitrogens with one attached hydrogen (secondary N) is 2. The van der Waals surface area contributed by atoms with Gasteiger partial charge in [0.15, 0.2) is 0 Å². The molecular weight excluding hydrogens is 376 g/mol. The topological polar surface area (TPSA) is 75.2 Å². The Labute approximate surface area is 168 Å². The number of hydrogen-bond acceptors (Lipinski definition) is 7. The van der Waals surface area contributed by atoms with Crippen LogP contribution in [-0.2, 0) is 4.74 Å². The van der Waals surface area contributed by atoms with Gasteiger partial charge in [-0.3, -0.25) is 0 Å². The molecule has 1 fully saturated rings. The number of rotatable bonds is 5. The van der Waals surface area contributed by atoms with Crippen LogP contribution in [0.5, 0.6) is 0 Å². The molecule has 1 saturated heterocycles. The highest BCUT2D eigenvalue weighted by molar-refractivity contribution is 6.31. The van der Waals surface area contributed by atoms with Crippen molar-refractivity contribution in [2.75, 3.05) is 41.8 Å². The van der Waals surface area contributed by atoms with Crippen molar-refractivity contribution >= 4 is 40.8 Å². The molecule has 1 aliphatic heterocycles. The summed E-state index contributed by atoms with van der Waals surface area (Å²) in [4.78, 5) is 15.9. The van der Waals surface area contributed by atoms with E-state index >= 15 is 0 Å². The Kier molecular flexibility index (Phi) is 5.55. The molecule has 7 nitrogen and oxygen atoms in total. The maximum Gasteiger partial charge on any atom is 0.233 e. The summed E-state index contributed by atoms with van der Waals surface area (Å²) >= 11 is 6.24. The molecule has 1 aliphatic rings. The van der Waals surface area contributed by atoms with E-state index in [-0.39, 0.29) is 0 Å². The number of morpholine rings is 1. The number of hydrogen-bond donors (Lipinski definition) is 2. The number of anilines is 5. The summed E-state index contributed by atoms with van der Waals surface area (Å²) < 4.78 is 5.44. The lowest BCUT2D eigenvalue weighted by Crippen LogP contribution is -2.37. The van der Waals surface area contributed by atoms with Gasteiger partial charge in [0, 0.05) is 29.5 Å². The Morgan fingerprint density at radius 3 is 2.36 bits per heavy atom. The van der Waals surface area contributed by atoms with Gasteiger partial charge >= 0.3 is 0 Å². The number of benzene rings is 2. The molecule has 0 saturated carbocycles. The zero-order valence-corrected chi connectivity index (χ0v) is 16.3. The SMILES string of the molecule is Cc1c(Cl)cccc1Nc1nc(Nc2ccccc2)nc(N2CCOCC2)n1. The lowest BCUT2D eigenvalue weighted by molar-refractivity contribution is 0.122. The summed E-state index contributed by atoms with van der Waals surface area (Å²) in [5.74, 6) is 1.55. The first-order valence-electron chi connectivity index (χ1n) is 9.12. The molecule has 0 radical (unpaired) electrons. The molecule has 2 N–H and O–H groups in total. The lowest BCUT2D eigenvalue weighted by atomic mass is 10.2. The molecule has 28 heavy (non-hydrogen) atoms. The summed E-state index contributed by atoms with van der Waals surface area (Å²) in [6.45, 7) is 4.75. The second-order valence-corrected chi connectivity index (χ2v) is 6.82. The third-order valence-electron chi connectivity index (χ3n) is 4.46. The Morgan fingerprint density at radius 2 is 1.61 bits per heavy atom. The summed E-state index contributed by atoms with van der Waals surface area (Å²) in [5, 5.41) is 7.21. The molecular formula is C20H21ClN6O. The van der Waals surface area contributed by atoms with E-state index in [1.807, 2.05) is 55.5 Å². The Bertz CT molecular complexity index is 947. The highest BCUT2D eigenvalue weighted by atomic mass is 35.5.